The van der Waals surface area contributed by atoms with Crippen LogP contribution in [0.5, 0.6) is 0 Å². The van der Waals surface area contributed by atoms with Crippen LogP contribution < -0.4 is 0 Å². The first kappa shape index (κ1) is 12.6. The number of nitro benzene ring substituents is 1. The van der Waals surface area contributed by atoms with E-state index in [1.165, 1.54) is 6.07 Å². The Balaban J connectivity index is 3.12. The van der Waals surface area contributed by atoms with Gasteiger partial charge in [-0.25, -0.2) is 0 Å². The van der Waals surface area contributed by atoms with Gasteiger partial charge in [0.1, 0.15) is 4.99 Å². The predicted molar refractivity (Wildman–Crippen MR) is 67.7 cm³/mol. The first-order chi connectivity index (χ1) is 7.61. The number of nitrogens with zero attached hydrogens (tertiary/aromatic N) is 2. The van der Waals surface area contributed by atoms with Crippen molar-refractivity contribution >= 4 is 22.9 Å². The highest BCUT2D eigenvalue weighted by atomic mass is 32.1. The van der Waals surface area contributed by atoms with Gasteiger partial charge in [0.05, 0.1) is 10.5 Å². The summed E-state index contributed by atoms with van der Waals surface area (Å²) < 4.78 is 0. The van der Waals surface area contributed by atoms with E-state index in [1.807, 2.05) is 18.7 Å². The molecular weight excluding hydrogens is 224 g/mol. The lowest BCUT2D eigenvalue weighted by Crippen LogP contribution is -2.30. The van der Waals surface area contributed by atoms with Gasteiger partial charge in [0, 0.05) is 19.2 Å². The molecule has 0 aliphatic rings. The molecule has 86 valence electrons. The Hall–Kier alpha value is -1.49. The van der Waals surface area contributed by atoms with Crippen LogP contribution in [-0.2, 0) is 0 Å². The lowest BCUT2D eigenvalue weighted by Gasteiger charge is -2.21. The van der Waals surface area contributed by atoms with E-state index in [4.69, 9.17) is 12.2 Å². The van der Waals surface area contributed by atoms with Crippen molar-refractivity contribution in [2.24, 2.45) is 0 Å². The molecule has 0 N–H and O–H groups in total. The summed E-state index contributed by atoms with van der Waals surface area (Å²) in [5, 5.41) is 10.9. The first-order valence-electron chi connectivity index (χ1n) is 5.14. The minimum Gasteiger partial charge on any atom is -0.363 e. The molecule has 4 nitrogen and oxygen atoms in total. The first-order valence-corrected chi connectivity index (χ1v) is 5.55. The van der Waals surface area contributed by atoms with Crippen LogP contribution in [0.1, 0.15) is 19.4 Å². The Labute approximate surface area is 100 Å². The molecule has 5 heteroatoms. The zero-order valence-electron chi connectivity index (χ0n) is 9.34. The molecule has 1 aromatic rings. The molecule has 0 fully saturated rings. The summed E-state index contributed by atoms with van der Waals surface area (Å²) in [6.45, 7) is 5.46. The number of hydrogen-bond acceptors (Lipinski definition) is 3. The summed E-state index contributed by atoms with van der Waals surface area (Å²) in [5.41, 5.74) is 0.589. The molecule has 0 radical (unpaired) electrons. The Morgan fingerprint density at radius 2 is 1.94 bits per heavy atom. The van der Waals surface area contributed by atoms with Crippen LogP contribution in [0.25, 0.3) is 0 Å². The van der Waals surface area contributed by atoms with E-state index in [1.54, 1.807) is 18.2 Å². The monoisotopic (exact) mass is 238 g/mol. The smallest absolute Gasteiger partial charge is 0.279 e. The van der Waals surface area contributed by atoms with Crippen LogP contribution >= 0.6 is 12.2 Å². The van der Waals surface area contributed by atoms with Crippen molar-refractivity contribution in [2.75, 3.05) is 13.1 Å². The molecule has 0 saturated heterocycles. The molecule has 0 bridgehead atoms. The van der Waals surface area contributed by atoms with Gasteiger partial charge in [-0.3, -0.25) is 10.1 Å². The van der Waals surface area contributed by atoms with Crippen LogP contribution in [0.4, 0.5) is 5.69 Å². The third-order valence-corrected chi connectivity index (χ3v) is 2.86. The van der Waals surface area contributed by atoms with Gasteiger partial charge in [-0.15, -0.1) is 0 Å². The van der Waals surface area contributed by atoms with E-state index in [0.29, 0.717) is 10.6 Å². The minimum atomic E-state index is -0.398. The molecule has 0 aromatic heterocycles. The van der Waals surface area contributed by atoms with Gasteiger partial charge in [0.15, 0.2) is 0 Å². The summed E-state index contributed by atoms with van der Waals surface area (Å²) in [6.07, 6.45) is 0. The average molecular weight is 238 g/mol. The van der Waals surface area contributed by atoms with Crippen LogP contribution in [0, 0.1) is 10.1 Å². The Morgan fingerprint density at radius 3 is 2.44 bits per heavy atom. The second-order valence-corrected chi connectivity index (χ2v) is 3.64. The second-order valence-electron chi connectivity index (χ2n) is 3.25. The Bertz CT molecular complexity index is 403. The fourth-order valence-corrected chi connectivity index (χ4v) is 1.93. The maximum Gasteiger partial charge on any atom is 0.279 e. The van der Waals surface area contributed by atoms with Gasteiger partial charge in [-0.1, -0.05) is 24.4 Å². The zero-order valence-corrected chi connectivity index (χ0v) is 10.2. The molecular formula is C11H14N2O2S. The minimum absolute atomic E-state index is 0.0689. The van der Waals surface area contributed by atoms with E-state index in [9.17, 15) is 10.1 Å². The third kappa shape index (κ3) is 2.55. The van der Waals surface area contributed by atoms with Gasteiger partial charge in [-0.05, 0) is 19.9 Å². The largest absolute Gasteiger partial charge is 0.363 e. The summed E-state index contributed by atoms with van der Waals surface area (Å²) in [6, 6.07) is 6.58. The molecule has 1 rings (SSSR count). The van der Waals surface area contributed by atoms with Gasteiger partial charge in [0.2, 0.25) is 0 Å². The highest BCUT2D eigenvalue weighted by Crippen LogP contribution is 2.20. The third-order valence-electron chi connectivity index (χ3n) is 2.38. The SMILES string of the molecule is CCN(CC)C(=S)c1ccccc1[N+](=O)[O-]. The molecule has 1 aromatic carbocycles. The predicted octanol–water partition coefficient (Wildman–Crippen LogP) is 2.61. The second kappa shape index (κ2) is 5.55. The fourth-order valence-electron chi connectivity index (χ4n) is 1.49. The summed E-state index contributed by atoms with van der Waals surface area (Å²) in [7, 11) is 0. The maximum atomic E-state index is 10.9. The van der Waals surface area contributed by atoms with Gasteiger partial charge in [0.25, 0.3) is 5.69 Å². The number of nitro groups is 1. The molecule has 0 heterocycles. The van der Waals surface area contributed by atoms with Crippen molar-refractivity contribution in [2.45, 2.75) is 13.8 Å². The highest BCUT2D eigenvalue weighted by molar-refractivity contribution is 7.80. The standard InChI is InChI=1S/C11H14N2O2S/c1-3-12(4-2)11(16)9-7-5-6-8-10(9)13(14)15/h5-8H,3-4H2,1-2H3. The van der Waals surface area contributed by atoms with Crippen LogP contribution in [-0.4, -0.2) is 27.9 Å². The summed E-state index contributed by atoms with van der Waals surface area (Å²) in [5.74, 6) is 0. The number of thiocarbonyl (C=S) groups is 1. The molecule has 0 atom stereocenters. The van der Waals surface area contributed by atoms with E-state index >= 15 is 0 Å². The quantitative estimate of drug-likeness (QED) is 0.459. The van der Waals surface area contributed by atoms with E-state index < -0.39 is 4.92 Å². The van der Waals surface area contributed by atoms with Gasteiger partial charge in [-0.2, -0.15) is 0 Å². The van der Waals surface area contributed by atoms with E-state index in [-0.39, 0.29) is 5.69 Å². The number of rotatable bonds is 4. The molecule has 16 heavy (non-hydrogen) atoms. The maximum absolute atomic E-state index is 10.9. The van der Waals surface area contributed by atoms with Crippen LogP contribution in [0.3, 0.4) is 0 Å². The number of hydrogen-bond donors (Lipinski definition) is 0. The van der Waals surface area contributed by atoms with Crippen molar-refractivity contribution in [3.8, 4) is 0 Å². The molecule has 0 unspecified atom stereocenters. The molecule has 0 amide bonds. The highest BCUT2D eigenvalue weighted by Gasteiger charge is 2.18. The zero-order chi connectivity index (χ0) is 12.1. The molecule has 0 aliphatic carbocycles. The van der Waals surface area contributed by atoms with Crippen molar-refractivity contribution in [1.29, 1.82) is 0 Å². The topological polar surface area (TPSA) is 46.4 Å². The summed E-state index contributed by atoms with van der Waals surface area (Å²) in [4.78, 5) is 12.9. The summed E-state index contributed by atoms with van der Waals surface area (Å²) >= 11 is 5.27. The Kier molecular flexibility index (Phi) is 4.37. The Morgan fingerprint density at radius 1 is 1.38 bits per heavy atom. The number of benzene rings is 1. The lowest BCUT2D eigenvalue weighted by atomic mass is 10.1. The fraction of sp³-hybridized carbons (Fsp3) is 0.364. The van der Waals surface area contributed by atoms with E-state index in [0.717, 1.165) is 13.1 Å². The van der Waals surface area contributed by atoms with Crippen molar-refractivity contribution in [3.05, 3.63) is 39.9 Å². The van der Waals surface area contributed by atoms with Gasteiger partial charge >= 0.3 is 0 Å². The van der Waals surface area contributed by atoms with Gasteiger partial charge < -0.3 is 4.90 Å². The van der Waals surface area contributed by atoms with Crippen molar-refractivity contribution in [1.82, 2.24) is 4.90 Å². The molecule has 0 aliphatic heterocycles. The number of para-hydroxylation sites is 1. The molecule has 0 spiro atoms. The van der Waals surface area contributed by atoms with Crippen LogP contribution in [0.2, 0.25) is 0 Å². The average Bonchev–Trinajstić information content (AvgIpc) is 2.30. The molecule has 0 saturated carbocycles. The van der Waals surface area contributed by atoms with Crippen molar-refractivity contribution in [3.63, 3.8) is 0 Å². The van der Waals surface area contributed by atoms with Crippen LogP contribution in [0.15, 0.2) is 24.3 Å². The normalized spacial score (nSPS) is 9.88. The van der Waals surface area contributed by atoms with E-state index in [2.05, 4.69) is 0 Å². The van der Waals surface area contributed by atoms with Crippen molar-refractivity contribution < 1.29 is 4.92 Å². The lowest BCUT2D eigenvalue weighted by molar-refractivity contribution is -0.385.